The lowest BCUT2D eigenvalue weighted by Gasteiger charge is -2.21. The summed E-state index contributed by atoms with van der Waals surface area (Å²) in [4.78, 5) is 16.2. The van der Waals surface area contributed by atoms with Gasteiger partial charge in [-0.2, -0.15) is 0 Å². The average molecular weight is 253 g/mol. The predicted molar refractivity (Wildman–Crippen MR) is 70.7 cm³/mol. The molecule has 0 spiro atoms. The predicted octanol–water partition coefficient (Wildman–Crippen LogP) is 1.64. The number of likely N-dealkylation sites (tertiary alicyclic amines) is 1. The Morgan fingerprint density at radius 3 is 2.76 bits per heavy atom. The molecule has 1 fully saturated rings. The molecule has 1 atom stereocenters. The van der Waals surface area contributed by atoms with Crippen molar-refractivity contribution in [2.75, 3.05) is 19.6 Å². The second-order valence-electron chi connectivity index (χ2n) is 4.88. The van der Waals surface area contributed by atoms with Gasteiger partial charge in [-0.05, 0) is 44.1 Å². The van der Waals surface area contributed by atoms with Crippen LogP contribution >= 0.6 is 12.2 Å². The number of nitrogens with one attached hydrogen (secondary N) is 1. The zero-order valence-corrected chi connectivity index (χ0v) is 11.0. The molecule has 17 heavy (non-hydrogen) atoms. The highest BCUT2D eigenvalue weighted by Gasteiger charge is 2.14. The molecule has 1 aliphatic heterocycles. The highest BCUT2D eigenvalue weighted by Crippen LogP contribution is 2.11. The van der Waals surface area contributed by atoms with Crippen molar-refractivity contribution >= 4 is 12.2 Å². The Morgan fingerprint density at radius 1 is 1.41 bits per heavy atom. The summed E-state index contributed by atoms with van der Waals surface area (Å²) in [5, 5.41) is 0. The number of nitrogens with zero attached hydrogens (tertiary/aromatic N) is 2. The first-order valence-electron chi connectivity index (χ1n) is 6.17. The number of aromatic amines is 1. The Labute approximate surface area is 106 Å². The van der Waals surface area contributed by atoms with Crippen LogP contribution in [-0.4, -0.2) is 34.1 Å². The molecule has 1 aliphatic rings. The maximum atomic E-state index is 11.1. The van der Waals surface area contributed by atoms with E-state index >= 15 is 0 Å². The molecule has 2 rings (SSSR count). The molecule has 0 bridgehead atoms. The van der Waals surface area contributed by atoms with Gasteiger partial charge in [0.1, 0.15) is 0 Å². The SMILES string of the molecule is CC(CN1CCCC1)Cn1ccc(=O)[nH]c1=S. The topological polar surface area (TPSA) is 41.0 Å². The minimum Gasteiger partial charge on any atom is -0.325 e. The molecule has 1 N–H and O–H groups in total. The van der Waals surface area contributed by atoms with Crippen molar-refractivity contribution in [1.82, 2.24) is 14.5 Å². The monoisotopic (exact) mass is 253 g/mol. The Morgan fingerprint density at radius 2 is 2.12 bits per heavy atom. The smallest absolute Gasteiger partial charge is 0.251 e. The Hall–Kier alpha value is -0.940. The quantitative estimate of drug-likeness (QED) is 0.829. The molecule has 4 nitrogen and oxygen atoms in total. The van der Waals surface area contributed by atoms with Crippen LogP contribution in [0.15, 0.2) is 17.1 Å². The van der Waals surface area contributed by atoms with E-state index in [0.717, 1.165) is 13.1 Å². The van der Waals surface area contributed by atoms with Crippen molar-refractivity contribution in [3.63, 3.8) is 0 Å². The van der Waals surface area contributed by atoms with Crippen LogP contribution in [-0.2, 0) is 6.54 Å². The van der Waals surface area contributed by atoms with Gasteiger partial charge >= 0.3 is 0 Å². The lowest BCUT2D eigenvalue weighted by molar-refractivity contribution is 0.270. The molecule has 0 saturated carbocycles. The first-order chi connectivity index (χ1) is 8.15. The van der Waals surface area contributed by atoms with Gasteiger partial charge in [0.05, 0.1) is 0 Å². The highest BCUT2D eigenvalue weighted by molar-refractivity contribution is 7.71. The van der Waals surface area contributed by atoms with E-state index in [1.54, 1.807) is 6.20 Å². The molecule has 94 valence electrons. The minimum atomic E-state index is -0.126. The van der Waals surface area contributed by atoms with E-state index in [0.29, 0.717) is 10.7 Å². The fourth-order valence-electron chi connectivity index (χ4n) is 2.39. The van der Waals surface area contributed by atoms with E-state index in [1.807, 2.05) is 4.57 Å². The van der Waals surface area contributed by atoms with E-state index in [4.69, 9.17) is 12.2 Å². The lowest BCUT2D eigenvalue weighted by atomic mass is 10.1. The normalized spacial score (nSPS) is 18.4. The standard InChI is InChI=1S/C12H19N3OS/c1-10(8-14-5-2-3-6-14)9-15-7-4-11(16)13-12(15)17/h4,7,10H,2-3,5-6,8-9H2,1H3,(H,13,16,17). The van der Waals surface area contributed by atoms with Crippen LogP contribution in [0.3, 0.4) is 0 Å². The summed E-state index contributed by atoms with van der Waals surface area (Å²) in [6.45, 7) is 6.65. The molecule has 0 aliphatic carbocycles. The van der Waals surface area contributed by atoms with Crippen LogP contribution in [0.2, 0.25) is 0 Å². The van der Waals surface area contributed by atoms with Gasteiger partial charge in [0.25, 0.3) is 5.56 Å². The van der Waals surface area contributed by atoms with Gasteiger partial charge in [0.2, 0.25) is 0 Å². The van der Waals surface area contributed by atoms with Crippen molar-refractivity contribution in [2.45, 2.75) is 26.3 Å². The number of aromatic nitrogens is 2. The molecule has 0 radical (unpaired) electrons. The van der Waals surface area contributed by atoms with Crippen LogP contribution in [0.25, 0.3) is 0 Å². The van der Waals surface area contributed by atoms with Crippen LogP contribution < -0.4 is 5.56 Å². The van der Waals surface area contributed by atoms with Crippen LogP contribution in [0.5, 0.6) is 0 Å². The molecular formula is C12H19N3OS. The molecule has 1 unspecified atom stereocenters. The largest absolute Gasteiger partial charge is 0.325 e. The molecule has 0 amide bonds. The van der Waals surface area contributed by atoms with Gasteiger partial charge in [-0.1, -0.05) is 6.92 Å². The maximum absolute atomic E-state index is 11.1. The fraction of sp³-hybridized carbons (Fsp3) is 0.667. The summed E-state index contributed by atoms with van der Waals surface area (Å²) in [7, 11) is 0. The van der Waals surface area contributed by atoms with E-state index in [-0.39, 0.29) is 5.56 Å². The Bertz CT molecular complexity index is 473. The third-order valence-electron chi connectivity index (χ3n) is 3.17. The zero-order valence-electron chi connectivity index (χ0n) is 10.2. The third-order valence-corrected chi connectivity index (χ3v) is 3.51. The third kappa shape index (κ3) is 3.51. The number of rotatable bonds is 4. The van der Waals surface area contributed by atoms with E-state index in [9.17, 15) is 4.79 Å². The van der Waals surface area contributed by atoms with Gasteiger partial charge in [0, 0.05) is 25.4 Å². The Kier molecular flexibility index (Phi) is 4.12. The summed E-state index contributed by atoms with van der Waals surface area (Å²) in [6.07, 6.45) is 4.43. The van der Waals surface area contributed by atoms with Gasteiger partial charge < -0.3 is 9.47 Å². The maximum Gasteiger partial charge on any atom is 0.251 e. The second kappa shape index (κ2) is 5.60. The van der Waals surface area contributed by atoms with E-state index < -0.39 is 0 Å². The average Bonchev–Trinajstić information content (AvgIpc) is 2.75. The molecule has 0 aromatic carbocycles. The fourth-order valence-corrected chi connectivity index (χ4v) is 2.62. The van der Waals surface area contributed by atoms with Crippen LogP contribution in [0.4, 0.5) is 0 Å². The van der Waals surface area contributed by atoms with Crippen molar-refractivity contribution < 1.29 is 0 Å². The summed E-state index contributed by atoms with van der Waals surface area (Å²) in [6, 6.07) is 1.53. The molecule has 1 aromatic heterocycles. The molecule has 1 aromatic rings. The summed E-state index contributed by atoms with van der Waals surface area (Å²) < 4.78 is 2.46. The number of hydrogen-bond acceptors (Lipinski definition) is 3. The Balaban J connectivity index is 1.95. The van der Waals surface area contributed by atoms with Gasteiger partial charge in [0.15, 0.2) is 4.77 Å². The summed E-state index contributed by atoms with van der Waals surface area (Å²) in [5.41, 5.74) is -0.126. The van der Waals surface area contributed by atoms with Gasteiger partial charge in [-0.25, -0.2) is 0 Å². The second-order valence-corrected chi connectivity index (χ2v) is 5.26. The van der Waals surface area contributed by atoms with Crippen molar-refractivity contribution in [2.24, 2.45) is 5.92 Å². The van der Waals surface area contributed by atoms with E-state index in [1.165, 1.54) is 32.0 Å². The van der Waals surface area contributed by atoms with Gasteiger partial charge in [-0.3, -0.25) is 9.78 Å². The zero-order chi connectivity index (χ0) is 12.3. The number of hydrogen-bond donors (Lipinski definition) is 1. The highest BCUT2D eigenvalue weighted by atomic mass is 32.1. The summed E-state index contributed by atoms with van der Waals surface area (Å²) >= 11 is 5.13. The first-order valence-corrected chi connectivity index (χ1v) is 6.58. The summed E-state index contributed by atoms with van der Waals surface area (Å²) in [5.74, 6) is 0.547. The molecular weight excluding hydrogens is 234 g/mol. The van der Waals surface area contributed by atoms with Crippen molar-refractivity contribution in [3.05, 3.63) is 27.4 Å². The van der Waals surface area contributed by atoms with Gasteiger partial charge in [-0.15, -0.1) is 0 Å². The molecule has 5 heteroatoms. The first kappa shape index (κ1) is 12.5. The molecule has 1 saturated heterocycles. The van der Waals surface area contributed by atoms with Crippen LogP contribution in [0, 0.1) is 10.7 Å². The molecule has 2 heterocycles. The number of H-pyrrole nitrogens is 1. The van der Waals surface area contributed by atoms with Crippen LogP contribution in [0.1, 0.15) is 19.8 Å². The van der Waals surface area contributed by atoms with E-state index in [2.05, 4.69) is 16.8 Å². The van der Waals surface area contributed by atoms with Crippen molar-refractivity contribution in [3.8, 4) is 0 Å². The van der Waals surface area contributed by atoms with Crippen molar-refractivity contribution in [1.29, 1.82) is 0 Å². The minimum absolute atomic E-state index is 0.126. The lowest BCUT2D eigenvalue weighted by Crippen LogP contribution is -2.28.